The third-order valence-electron chi connectivity index (χ3n) is 4.60. The van der Waals surface area contributed by atoms with Crippen LogP contribution in [0, 0.1) is 6.92 Å². The molecule has 1 fully saturated rings. The zero-order valence-corrected chi connectivity index (χ0v) is 17.6. The number of aryl methyl sites for hydroxylation is 1. The van der Waals surface area contributed by atoms with Crippen molar-refractivity contribution in [3.8, 4) is 0 Å². The van der Waals surface area contributed by atoms with Crippen LogP contribution < -0.4 is 0 Å². The molecule has 3 heterocycles. The summed E-state index contributed by atoms with van der Waals surface area (Å²) in [6.07, 6.45) is 1.68. The highest BCUT2D eigenvalue weighted by Crippen LogP contribution is 2.31. The number of piperazine rings is 1. The Morgan fingerprint density at radius 3 is 2.52 bits per heavy atom. The second kappa shape index (κ2) is 7.52. The maximum absolute atomic E-state index is 12.9. The van der Waals surface area contributed by atoms with Crippen LogP contribution in [0.1, 0.15) is 16.3 Å². The van der Waals surface area contributed by atoms with Crippen molar-refractivity contribution in [1.82, 2.24) is 28.8 Å². The number of hydrogen-bond acceptors (Lipinski definition) is 6. The highest BCUT2D eigenvalue weighted by Gasteiger charge is 2.33. The SMILES string of the molecule is Cc1ccn2nc(C(=O)N3CCN(S(=O)(=O)c4cccc(Cl)c4Cl)CC3)nc2n1. The summed E-state index contributed by atoms with van der Waals surface area (Å²) in [5.74, 6) is -0.00607. The minimum Gasteiger partial charge on any atom is -0.333 e. The summed E-state index contributed by atoms with van der Waals surface area (Å²) in [4.78, 5) is 22.6. The van der Waals surface area contributed by atoms with Crippen molar-refractivity contribution in [2.75, 3.05) is 26.2 Å². The molecule has 0 unspecified atom stereocenters. The van der Waals surface area contributed by atoms with E-state index in [9.17, 15) is 13.2 Å². The average Bonchev–Trinajstić information content (AvgIpc) is 3.12. The lowest BCUT2D eigenvalue weighted by molar-refractivity contribution is 0.0686. The molecule has 152 valence electrons. The molecule has 1 aromatic carbocycles. The number of carbonyl (C=O) groups is 1. The Labute approximate surface area is 176 Å². The molecule has 0 N–H and O–H groups in total. The van der Waals surface area contributed by atoms with Crippen molar-refractivity contribution in [2.24, 2.45) is 0 Å². The second-order valence-corrected chi connectivity index (χ2v) is 9.19. The molecular weight excluding hydrogens is 439 g/mol. The first kappa shape index (κ1) is 20.0. The number of aromatic nitrogens is 4. The largest absolute Gasteiger partial charge is 0.333 e. The van der Waals surface area contributed by atoms with E-state index in [1.54, 1.807) is 12.3 Å². The zero-order valence-electron chi connectivity index (χ0n) is 15.3. The second-order valence-electron chi connectivity index (χ2n) is 6.50. The van der Waals surface area contributed by atoms with Crippen LogP contribution in [0.4, 0.5) is 0 Å². The molecule has 3 aromatic rings. The van der Waals surface area contributed by atoms with Crippen LogP contribution in [0.2, 0.25) is 10.0 Å². The molecule has 0 atom stereocenters. The molecule has 0 radical (unpaired) electrons. The molecule has 9 nitrogen and oxygen atoms in total. The van der Waals surface area contributed by atoms with Crippen LogP contribution in [0.3, 0.4) is 0 Å². The van der Waals surface area contributed by atoms with Gasteiger partial charge in [-0.2, -0.15) is 9.29 Å². The third kappa shape index (κ3) is 3.68. The van der Waals surface area contributed by atoms with Crippen LogP contribution >= 0.6 is 23.2 Å². The predicted octanol–water partition coefficient (Wildman–Crippen LogP) is 1.89. The van der Waals surface area contributed by atoms with Crippen molar-refractivity contribution >= 4 is 44.9 Å². The molecule has 2 aromatic heterocycles. The maximum atomic E-state index is 12.9. The molecule has 4 rings (SSSR count). The van der Waals surface area contributed by atoms with Gasteiger partial charge in [0.2, 0.25) is 15.8 Å². The lowest BCUT2D eigenvalue weighted by atomic mass is 10.3. The molecule has 1 amide bonds. The van der Waals surface area contributed by atoms with Crippen molar-refractivity contribution in [1.29, 1.82) is 0 Å². The summed E-state index contributed by atoms with van der Waals surface area (Å²) in [6, 6.07) is 6.24. The quantitative estimate of drug-likeness (QED) is 0.598. The first-order chi connectivity index (χ1) is 13.8. The van der Waals surface area contributed by atoms with Gasteiger partial charge in [0.15, 0.2) is 0 Å². The van der Waals surface area contributed by atoms with Crippen LogP contribution in [0.25, 0.3) is 5.78 Å². The number of amides is 1. The van der Waals surface area contributed by atoms with Gasteiger partial charge in [-0.25, -0.2) is 17.9 Å². The smallest absolute Gasteiger partial charge is 0.293 e. The van der Waals surface area contributed by atoms with Gasteiger partial charge in [0, 0.05) is 38.1 Å². The topological polar surface area (TPSA) is 101 Å². The van der Waals surface area contributed by atoms with Crippen LogP contribution in [0.15, 0.2) is 35.4 Å². The van der Waals surface area contributed by atoms with Crippen molar-refractivity contribution < 1.29 is 13.2 Å². The van der Waals surface area contributed by atoms with Crippen molar-refractivity contribution in [3.05, 3.63) is 52.0 Å². The Kier molecular flexibility index (Phi) is 5.19. The van der Waals surface area contributed by atoms with E-state index in [1.807, 2.05) is 6.92 Å². The number of rotatable bonds is 3. The summed E-state index contributed by atoms with van der Waals surface area (Å²) >= 11 is 12.0. The number of sulfonamides is 1. The van der Waals surface area contributed by atoms with Crippen LogP contribution in [-0.2, 0) is 10.0 Å². The Bertz CT molecular complexity index is 1210. The molecule has 1 aliphatic heterocycles. The molecule has 1 aliphatic rings. The summed E-state index contributed by atoms with van der Waals surface area (Å²) < 4.78 is 28.5. The molecule has 29 heavy (non-hydrogen) atoms. The minimum absolute atomic E-state index is 0.00985. The highest BCUT2D eigenvalue weighted by atomic mass is 35.5. The van der Waals surface area contributed by atoms with Crippen molar-refractivity contribution in [3.63, 3.8) is 0 Å². The van der Waals surface area contributed by atoms with Gasteiger partial charge in [0.05, 0.1) is 10.0 Å². The van der Waals surface area contributed by atoms with Gasteiger partial charge in [-0.15, -0.1) is 5.10 Å². The normalized spacial score (nSPS) is 15.8. The Hall–Kier alpha value is -2.27. The van der Waals surface area contributed by atoms with E-state index in [4.69, 9.17) is 23.2 Å². The molecule has 0 aliphatic carbocycles. The van der Waals surface area contributed by atoms with Gasteiger partial charge in [-0.3, -0.25) is 4.79 Å². The third-order valence-corrected chi connectivity index (χ3v) is 7.47. The Morgan fingerprint density at radius 2 is 1.79 bits per heavy atom. The highest BCUT2D eigenvalue weighted by molar-refractivity contribution is 7.89. The van der Waals surface area contributed by atoms with E-state index in [-0.39, 0.29) is 52.9 Å². The van der Waals surface area contributed by atoms with Gasteiger partial charge in [0.25, 0.3) is 11.7 Å². The molecule has 0 saturated carbocycles. The van der Waals surface area contributed by atoms with Gasteiger partial charge in [-0.05, 0) is 25.1 Å². The number of benzene rings is 1. The fraction of sp³-hybridized carbons (Fsp3) is 0.294. The Balaban J connectivity index is 1.49. The fourth-order valence-electron chi connectivity index (χ4n) is 3.05. The van der Waals surface area contributed by atoms with E-state index in [2.05, 4.69) is 15.1 Å². The molecule has 0 bridgehead atoms. The minimum atomic E-state index is -3.82. The number of nitrogens with zero attached hydrogens (tertiary/aromatic N) is 6. The summed E-state index contributed by atoms with van der Waals surface area (Å²) in [7, 11) is -3.82. The van der Waals surface area contributed by atoms with Gasteiger partial charge in [0.1, 0.15) is 4.90 Å². The van der Waals surface area contributed by atoms with E-state index in [1.165, 1.54) is 31.9 Å². The lowest BCUT2D eigenvalue weighted by Gasteiger charge is -2.33. The standard InChI is InChI=1S/C17H16Cl2N6O3S/c1-11-5-6-25-17(20-11)21-15(22-25)16(26)23-7-9-24(10-8-23)29(27,28)13-4-2-3-12(18)14(13)19/h2-6H,7-10H2,1H3. The molecule has 1 saturated heterocycles. The van der Waals surface area contributed by atoms with Crippen LogP contribution in [0.5, 0.6) is 0 Å². The van der Waals surface area contributed by atoms with E-state index in [0.717, 1.165) is 5.69 Å². The average molecular weight is 455 g/mol. The van der Waals surface area contributed by atoms with Gasteiger partial charge < -0.3 is 4.90 Å². The van der Waals surface area contributed by atoms with E-state index in [0.29, 0.717) is 5.78 Å². The maximum Gasteiger partial charge on any atom is 0.293 e. The molecular formula is C17H16Cl2N6O3S. The van der Waals surface area contributed by atoms with Gasteiger partial charge >= 0.3 is 0 Å². The van der Waals surface area contributed by atoms with E-state index >= 15 is 0 Å². The summed E-state index contributed by atoms with van der Waals surface area (Å²) in [5, 5.41) is 4.31. The monoisotopic (exact) mass is 454 g/mol. The Morgan fingerprint density at radius 1 is 1.07 bits per heavy atom. The van der Waals surface area contributed by atoms with E-state index < -0.39 is 10.0 Å². The van der Waals surface area contributed by atoms with Crippen LogP contribution in [-0.4, -0.2) is 69.3 Å². The molecule has 12 heteroatoms. The van der Waals surface area contributed by atoms with Gasteiger partial charge in [-0.1, -0.05) is 29.3 Å². The van der Waals surface area contributed by atoms with Crippen molar-refractivity contribution in [2.45, 2.75) is 11.8 Å². The first-order valence-corrected chi connectivity index (χ1v) is 10.9. The number of carbonyl (C=O) groups excluding carboxylic acids is 1. The number of fused-ring (bicyclic) bond motifs is 1. The fourth-order valence-corrected chi connectivity index (χ4v) is 5.21. The zero-order chi connectivity index (χ0) is 20.8. The summed E-state index contributed by atoms with van der Waals surface area (Å²) in [6.45, 7) is 2.49. The number of hydrogen-bond donors (Lipinski definition) is 0. The lowest BCUT2D eigenvalue weighted by Crippen LogP contribution is -2.50. The number of halogens is 2. The first-order valence-electron chi connectivity index (χ1n) is 8.71. The molecule has 0 spiro atoms. The summed E-state index contributed by atoms with van der Waals surface area (Å²) in [5.41, 5.74) is 0.766. The predicted molar refractivity (Wildman–Crippen MR) is 107 cm³/mol.